The second-order valence-electron chi connectivity index (χ2n) is 12.5. The van der Waals surface area contributed by atoms with E-state index in [1.54, 1.807) is 12.1 Å². The van der Waals surface area contributed by atoms with Crippen LogP contribution >= 0.6 is 0 Å². The molecule has 12 heteroatoms. The fraction of sp³-hybridized carbons (Fsp3) is 0.333. The van der Waals surface area contributed by atoms with Gasteiger partial charge in [-0.3, -0.25) is 5.32 Å². The fourth-order valence-electron chi connectivity index (χ4n) is 7.77. The molecule has 3 unspecified atom stereocenters. The van der Waals surface area contributed by atoms with E-state index in [0.29, 0.717) is 6.54 Å². The van der Waals surface area contributed by atoms with Gasteiger partial charge in [0.05, 0.1) is 22.9 Å². The highest BCUT2D eigenvalue weighted by molar-refractivity contribution is 5.73. The summed E-state index contributed by atoms with van der Waals surface area (Å²) in [6, 6.07) is 23.1. The van der Waals surface area contributed by atoms with E-state index >= 15 is 0 Å². The van der Waals surface area contributed by atoms with Crippen molar-refractivity contribution in [2.45, 2.75) is 56.4 Å². The minimum Gasteiger partial charge on any atom is -0.368 e. The van der Waals surface area contributed by atoms with Gasteiger partial charge >= 0.3 is 18.5 Å². The van der Waals surface area contributed by atoms with Gasteiger partial charge in [-0.15, -0.1) is 0 Å². The molecule has 0 amide bonds. The van der Waals surface area contributed by atoms with Crippen molar-refractivity contribution in [3.63, 3.8) is 0 Å². The smallest absolute Gasteiger partial charge is 0.368 e. The first-order chi connectivity index (χ1) is 22.7. The van der Waals surface area contributed by atoms with Gasteiger partial charge in [0, 0.05) is 35.6 Å². The quantitative estimate of drug-likeness (QED) is 0.218. The third-order valence-corrected chi connectivity index (χ3v) is 9.81. The van der Waals surface area contributed by atoms with Gasteiger partial charge in [-0.2, -0.15) is 39.5 Å². The van der Waals surface area contributed by atoms with Gasteiger partial charge < -0.3 is 9.80 Å². The zero-order valence-electron chi connectivity index (χ0n) is 25.4. The van der Waals surface area contributed by atoms with Crippen LogP contribution in [0.4, 0.5) is 56.6 Å². The maximum absolute atomic E-state index is 13.7. The number of halogens is 9. The van der Waals surface area contributed by atoms with Crippen molar-refractivity contribution >= 4 is 17.1 Å². The summed E-state index contributed by atoms with van der Waals surface area (Å²) in [6.45, 7) is 1.41. The number of alkyl halides is 9. The molecule has 3 aliphatic rings. The summed E-state index contributed by atoms with van der Waals surface area (Å²) >= 11 is 0. The average Bonchev–Trinajstić information content (AvgIpc) is 3.40. The van der Waals surface area contributed by atoms with Crippen LogP contribution in [0.5, 0.6) is 0 Å². The summed E-state index contributed by atoms with van der Waals surface area (Å²) in [5.74, 6) is 0.191. The summed E-state index contributed by atoms with van der Waals surface area (Å²) in [4.78, 5) is 4.62. The minimum atomic E-state index is -5.87. The number of para-hydroxylation sites is 2. The Hall–Kier alpha value is -4.19. The van der Waals surface area contributed by atoms with E-state index in [0.717, 1.165) is 49.3 Å². The van der Waals surface area contributed by atoms with Crippen molar-refractivity contribution in [3.8, 4) is 11.1 Å². The second-order valence-corrected chi connectivity index (χ2v) is 12.5. The zero-order valence-corrected chi connectivity index (χ0v) is 25.4. The molecule has 0 aromatic heterocycles. The van der Waals surface area contributed by atoms with E-state index in [1.807, 2.05) is 24.3 Å². The Kier molecular flexibility index (Phi) is 7.92. The SMILES string of the molecule is FC(F)(F)c1cc(-c2ccc(N3CCC4C3CCNC4N3c4ccccc4CCc4ccccc43)cc2)cc(C(F)(F)F)c1C(F)(F)F. The molecule has 2 saturated heterocycles. The van der Waals surface area contributed by atoms with Crippen LogP contribution in [-0.2, 0) is 31.4 Å². The number of anilines is 3. The summed E-state index contributed by atoms with van der Waals surface area (Å²) in [5, 5.41) is 3.76. The highest BCUT2D eigenvalue weighted by Crippen LogP contribution is 2.49. The molecule has 7 rings (SSSR count). The van der Waals surface area contributed by atoms with Crippen LogP contribution in [-0.4, -0.2) is 25.3 Å². The first-order valence-corrected chi connectivity index (χ1v) is 15.7. The third kappa shape index (κ3) is 5.77. The fourth-order valence-corrected chi connectivity index (χ4v) is 7.77. The van der Waals surface area contributed by atoms with Crippen LogP contribution in [0.15, 0.2) is 84.9 Å². The van der Waals surface area contributed by atoms with Crippen molar-refractivity contribution in [1.29, 1.82) is 0 Å². The normalized spacial score (nSPS) is 21.4. The van der Waals surface area contributed by atoms with E-state index < -0.39 is 40.8 Å². The topological polar surface area (TPSA) is 18.5 Å². The van der Waals surface area contributed by atoms with Gasteiger partial charge in [-0.1, -0.05) is 48.5 Å². The third-order valence-electron chi connectivity index (χ3n) is 9.81. The second kappa shape index (κ2) is 11.7. The van der Waals surface area contributed by atoms with Crippen LogP contribution in [0.2, 0.25) is 0 Å². The van der Waals surface area contributed by atoms with Crippen LogP contribution in [0.3, 0.4) is 0 Å². The van der Waals surface area contributed by atoms with Crippen molar-refractivity contribution in [1.82, 2.24) is 5.32 Å². The molecule has 1 N–H and O–H groups in total. The van der Waals surface area contributed by atoms with Crippen molar-refractivity contribution in [2.24, 2.45) is 5.92 Å². The van der Waals surface area contributed by atoms with E-state index in [-0.39, 0.29) is 35.8 Å². The number of nitrogens with zero attached hydrogens (tertiary/aromatic N) is 2. The Balaban J connectivity index is 1.21. The number of hydrogen-bond donors (Lipinski definition) is 1. The maximum atomic E-state index is 13.7. The molecule has 0 saturated carbocycles. The van der Waals surface area contributed by atoms with E-state index in [1.165, 1.54) is 23.3 Å². The lowest BCUT2D eigenvalue weighted by Gasteiger charge is -2.45. The number of nitrogens with one attached hydrogen (secondary N) is 1. The van der Waals surface area contributed by atoms with Gasteiger partial charge in [0.1, 0.15) is 0 Å². The molecule has 3 nitrogen and oxygen atoms in total. The zero-order chi connectivity index (χ0) is 34.0. The molecule has 4 aromatic carbocycles. The largest absolute Gasteiger partial charge is 0.417 e. The number of benzene rings is 4. The molecule has 0 radical (unpaired) electrons. The predicted octanol–water partition coefficient (Wildman–Crippen LogP) is 9.86. The molecular weight excluding hydrogens is 645 g/mol. The number of piperidine rings is 1. The molecule has 0 spiro atoms. The van der Waals surface area contributed by atoms with Crippen LogP contribution in [0, 0.1) is 5.92 Å². The number of rotatable bonds is 3. The average molecular weight is 676 g/mol. The van der Waals surface area contributed by atoms with Gasteiger partial charge in [0.15, 0.2) is 0 Å². The van der Waals surface area contributed by atoms with Crippen molar-refractivity contribution < 1.29 is 39.5 Å². The predicted molar refractivity (Wildman–Crippen MR) is 165 cm³/mol. The number of fused-ring (bicyclic) bond motifs is 3. The Bertz CT molecular complexity index is 1730. The molecule has 4 aromatic rings. The highest BCUT2D eigenvalue weighted by atomic mass is 19.4. The van der Waals surface area contributed by atoms with Gasteiger partial charge in [-0.05, 0) is 90.9 Å². The Morgan fingerprint density at radius 2 is 1.15 bits per heavy atom. The highest BCUT2D eigenvalue weighted by Gasteiger charge is 2.50. The number of aryl methyl sites for hydroxylation is 2. The van der Waals surface area contributed by atoms with Gasteiger partial charge in [0.2, 0.25) is 0 Å². The standard InChI is InChI=1S/C36H30F9N3/c37-34(38,39)27-19-24(20-28(35(40,41)42)32(27)36(43,44)45)21-11-13-25(14-12-21)47-18-16-26-31(47)15-17-46-33(26)48-29-7-3-1-5-22(29)9-10-23-6-2-4-8-30(23)48/h1-8,11-14,19-20,26,31,33,46H,9-10,15-18H2. The molecular formula is C36H30F9N3. The minimum absolute atomic E-state index is 0.0258. The van der Waals surface area contributed by atoms with Crippen molar-refractivity contribution in [3.05, 3.63) is 113 Å². The van der Waals surface area contributed by atoms with Gasteiger partial charge in [0.25, 0.3) is 0 Å². The van der Waals surface area contributed by atoms with Crippen molar-refractivity contribution in [2.75, 3.05) is 22.9 Å². The molecule has 2 fully saturated rings. The number of hydrogen-bond acceptors (Lipinski definition) is 3. The van der Waals surface area contributed by atoms with Crippen LogP contribution < -0.4 is 15.1 Å². The maximum Gasteiger partial charge on any atom is 0.417 e. The lowest BCUT2D eigenvalue weighted by molar-refractivity contribution is -0.174. The molecule has 3 atom stereocenters. The lowest BCUT2D eigenvalue weighted by Crippen LogP contribution is -2.57. The van der Waals surface area contributed by atoms with Crippen LogP contribution in [0.25, 0.3) is 11.1 Å². The summed E-state index contributed by atoms with van der Waals surface area (Å²) in [5.41, 5.74) is -2.58. The molecule has 3 aliphatic heterocycles. The Labute approximate surface area is 271 Å². The summed E-state index contributed by atoms with van der Waals surface area (Å²) < 4.78 is 123. The molecule has 3 heterocycles. The summed E-state index contributed by atoms with van der Waals surface area (Å²) in [6.07, 6.45) is -13.7. The molecule has 0 bridgehead atoms. The monoisotopic (exact) mass is 675 g/mol. The van der Waals surface area contributed by atoms with E-state index in [2.05, 4.69) is 39.4 Å². The first-order valence-electron chi connectivity index (χ1n) is 15.7. The first kappa shape index (κ1) is 32.4. The lowest BCUT2D eigenvalue weighted by atomic mass is 9.88. The Morgan fingerprint density at radius 1 is 0.604 bits per heavy atom. The molecule has 252 valence electrons. The van der Waals surface area contributed by atoms with Gasteiger partial charge in [-0.25, -0.2) is 0 Å². The van der Waals surface area contributed by atoms with E-state index in [4.69, 9.17) is 0 Å². The van der Waals surface area contributed by atoms with E-state index in [9.17, 15) is 39.5 Å². The summed E-state index contributed by atoms with van der Waals surface area (Å²) in [7, 11) is 0. The molecule has 48 heavy (non-hydrogen) atoms. The molecule has 0 aliphatic carbocycles. The van der Waals surface area contributed by atoms with Crippen LogP contribution in [0.1, 0.15) is 40.7 Å². The Morgan fingerprint density at radius 3 is 1.67 bits per heavy atom.